The Labute approximate surface area is 118 Å². The number of aryl methyl sites for hydroxylation is 1. The molecule has 1 heterocycles. The standard InChI is InChI=1S/C14H18ClN3O/c1-11(2)18(10-12-6-4-3-5-7-12)14-17-16-13(19-14)8-9-15/h3-7,11H,8-10H2,1-2H3. The van der Waals surface area contributed by atoms with E-state index in [1.807, 2.05) is 18.2 Å². The molecule has 0 aliphatic carbocycles. The zero-order chi connectivity index (χ0) is 13.7. The molecule has 0 unspecified atom stereocenters. The van der Waals surface area contributed by atoms with Crippen molar-refractivity contribution in [3.63, 3.8) is 0 Å². The normalized spacial score (nSPS) is 10.9. The van der Waals surface area contributed by atoms with Gasteiger partial charge in [0.25, 0.3) is 0 Å². The molecule has 2 rings (SSSR count). The van der Waals surface area contributed by atoms with E-state index in [1.54, 1.807) is 0 Å². The van der Waals surface area contributed by atoms with E-state index in [9.17, 15) is 0 Å². The minimum Gasteiger partial charge on any atom is -0.408 e. The van der Waals surface area contributed by atoms with Crippen LogP contribution in [-0.4, -0.2) is 22.1 Å². The molecule has 1 aromatic carbocycles. The summed E-state index contributed by atoms with van der Waals surface area (Å²) in [5, 5.41) is 8.11. The summed E-state index contributed by atoms with van der Waals surface area (Å²) in [6, 6.07) is 11.1. The van der Waals surface area contributed by atoms with Crippen LogP contribution in [0.4, 0.5) is 6.01 Å². The summed E-state index contributed by atoms with van der Waals surface area (Å²) in [5.41, 5.74) is 1.22. The maximum atomic E-state index is 5.68. The van der Waals surface area contributed by atoms with Crippen molar-refractivity contribution in [1.29, 1.82) is 0 Å². The summed E-state index contributed by atoms with van der Waals surface area (Å²) in [6.45, 7) is 4.96. The number of halogens is 1. The fourth-order valence-corrected chi connectivity index (χ4v) is 1.96. The number of hydrogen-bond acceptors (Lipinski definition) is 4. The molecule has 1 aromatic heterocycles. The number of aromatic nitrogens is 2. The predicted molar refractivity (Wildman–Crippen MR) is 76.5 cm³/mol. The fraction of sp³-hybridized carbons (Fsp3) is 0.429. The number of nitrogens with zero attached hydrogens (tertiary/aromatic N) is 3. The largest absolute Gasteiger partial charge is 0.408 e. The van der Waals surface area contributed by atoms with Gasteiger partial charge in [-0.15, -0.1) is 16.7 Å². The third kappa shape index (κ3) is 3.70. The number of benzene rings is 1. The Morgan fingerprint density at radius 2 is 1.95 bits per heavy atom. The third-order valence-electron chi connectivity index (χ3n) is 2.83. The van der Waals surface area contributed by atoms with Gasteiger partial charge in [-0.25, -0.2) is 0 Å². The fourth-order valence-electron chi connectivity index (χ4n) is 1.79. The van der Waals surface area contributed by atoms with Crippen LogP contribution in [-0.2, 0) is 13.0 Å². The van der Waals surface area contributed by atoms with Gasteiger partial charge >= 0.3 is 6.01 Å². The van der Waals surface area contributed by atoms with Crippen LogP contribution < -0.4 is 4.90 Å². The van der Waals surface area contributed by atoms with Gasteiger partial charge in [-0.1, -0.05) is 35.4 Å². The molecule has 0 aliphatic heterocycles. The maximum Gasteiger partial charge on any atom is 0.318 e. The molecule has 0 radical (unpaired) electrons. The van der Waals surface area contributed by atoms with Crippen molar-refractivity contribution in [3.05, 3.63) is 41.8 Å². The molecule has 0 saturated carbocycles. The van der Waals surface area contributed by atoms with Crippen molar-refractivity contribution in [2.75, 3.05) is 10.8 Å². The van der Waals surface area contributed by atoms with Crippen LogP contribution in [0.3, 0.4) is 0 Å². The lowest BCUT2D eigenvalue weighted by atomic mass is 10.2. The van der Waals surface area contributed by atoms with Gasteiger partial charge in [0.1, 0.15) is 0 Å². The lowest BCUT2D eigenvalue weighted by Crippen LogP contribution is -2.30. The Balaban J connectivity index is 2.15. The first-order valence-corrected chi connectivity index (χ1v) is 6.93. The molecule has 0 atom stereocenters. The lowest BCUT2D eigenvalue weighted by molar-refractivity contribution is 0.474. The second-order valence-electron chi connectivity index (χ2n) is 4.62. The van der Waals surface area contributed by atoms with Crippen LogP contribution in [0, 0.1) is 0 Å². The minimum atomic E-state index is 0.282. The smallest absolute Gasteiger partial charge is 0.318 e. The summed E-state index contributed by atoms with van der Waals surface area (Å²) < 4.78 is 5.64. The van der Waals surface area contributed by atoms with Crippen molar-refractivity contribution in [3.8, 4) is 0 Å². The lowest BCUT2D eigenvalue weighted by Gasteiger charge is -2.24. The van der Waals surface area contributed by atoms with Crippen molar-refractivity contribution in [2.24, 2.45) is 0 Å². The Morgan fingerprint density at radius 3 is 2.58 bits per heavy atom. The van der Waals surface area contributed by atoms with Crippen molar-refractivity contribution < 1.29 is 4.42 Å². The zero-order valence-corrected chi connectivity index (χ0v) is 12.0. The summed E-state index contributed by atoms with van der Waals surface area (Å²) in [5.74, 6) is 1.07. The molecule has 2 aromatic rings. The molecule has 0 aliphatic rings. The SMILES string of the molecule is CC(C)N(Cc1ccccc1)c1nnc(CCCl)o1. The van der Waals surface area contributed by atoms with Gasteiger partial charge in [-0.3, -0.25) is 0 Å². The van der Waals surface area contributed by atoms with Gasteiger partial charge in [0.15, 0.2) is 0 Å². The maximum absolute atomic E-state index is 5.68. The summed E-state index contributed by atoms with van der Waals surface area (Å²) in [7, 11) is 0. The van der Waals surface area contributed by atoms with Gasteiger partial charge in [0.05, 0.1) is 0 Å². The van der Waals surface area contributed by atoms with Crippen LogP contribution in [0.25, 0.3) is 0 Å². The quantitative estimate of drug-likeness (QED) is 0.761. The second kappa shape index (κ2) is 6.57. The average molecular weight is 280 g/mol. The minimum absolute atomic E-state index is 0.282. The van der Waals surface area contributed by atoms with Gasteiger partial charge in [0.2, 0.25) is 5.89 Å². The van der Waals surface area contributed by atoms with Crippen LogP contribution in [0.2, 0.25) is 0 Å². The molecule has 19 heavy (non-hydrogen) atoms. The number of hydrogen-bond donors (Lipinski definition) is 0. The number of alkyl halides is 1. The molecule has 5 heteroatoms. The second-order valence-corrected chi connectivity index (χ2v) is 5.00. The molecule has 0 saturated heterocycles. The first-order valence-electron chi connectivity index (χ1n) is 6.39. The van der Waals surface area contributed by atoms with Crippen LogP contribution in [0.15, 0.2) is 34.7 Å². The van der Waals surface area contributed by atoms with E-state index < -0.39 is 0 Å². The Morgan fingerprint density at radius 1 is 1.21 bits per heavy atom. The number of rotatable bonds is 6. The highest BCUT2D eigenvalue weighted by atomic mass is 35.5. The van der Waals surface area contributed by atoms with Gasteiger partial charge in [-0.2, -0.15) is 0 Å². The molecular weight excluding hydrogens is 262 g/mol. The molecule has 0 N–H and O–H groups in total. The topological polar surface area (TPSA) is 42.2 Å². The molecular formula is C14H18ClN3O. The Kier molecular flexibility index (Phi) is 4.80. The van der Waals surface area contributed by atoms with Crippen LogP contribution in [0.1, 0.15) is 25.3 Å². The Hall–Kier alpha value is -1.55. The number of anilines is 1. The van der Waals surface area contributed by atoms with Crippen molar-refractivity contribution in [2.45, 2.75) is 32.9 Å². The third-order valence-corrected chi connectivity index (χ3v) is 3.02. The molecule has 102 valence electrons. The molecule has 0 amide bonds. The summed E-state index contributed by atoms with van der Waals surface area (Å²) in [4.78, 5) is 2.08. The van der Waals surface area contributed by atoms with Crippen molar-refractivity contribution in [1.82, 2.24) is 10.2 Å². The van der Waals surface area contributed by atoms with Crippen LogP contribution >= 0.6 is 11.6 Å². The van der Waals surface area contributed by atoms with E-state index in [-0.39, 0.29) is 6.04 Å². The molecule has 0 bridgehead atoms. The monoisotopic (exact) mass is 279 g/mol. The van der Waals surface area contributed by atoms with Crippen LogP contribution in [0.5, 0.6) is 0 Å². The first kappa shape index (κ1) is 13.9. The predicted octanol–water partition coefficient (Wildman–Crippen LogP) is 3.27. The van der Waals surface area contributed by atoms with E-state index >= 15 is 0 Å². The van der Waals surface area contributed by atoms with E-state index in [1.165, 1.54) is 5.56 Å². The van der Waals surface area contributed by atoms with E-state index in [0.717, 1.165) is 6.54 Å². The van der Waals surface area contributed by atoms with Crippen molar-refractivity contribution >= 4 is 17.6 Å². The highest BCUT2D eigenvalue weighted by Crippen LogP contribution is 2.19. The highest BCUT2D eigenvalue weighted by Gasteiger charge is 2.17. The van der Waals surface area contributed by atoms with Gasteiger partial charge < -0.3 is 9.32 Å². The van der Waals surface area contributed by atoms with E-state index in [4.69, 9.17) is 16.0 Å². The average Bonchev–Trinajstić information content (AvgIpc) is 2.85. The molecule has 4 nitrogen and oxygen atoms in total. The summed E-state index contributed by atoms with van der Waals surface area (Å²) in [6.07, 6.45) is 0.603. The molecule has 0 spiro atoms. The first-order chi connectivity index (χ1) is 9.20. The van der Waals surface area contributed by atoms with E-state index in [2.05, 4.69) is 41.1 Å². The van der Waals surface area contributed by atoms with E-state index in [0.29, 0.717) is 24.2 Å². The Bertz CT molecular complexity index is 498. The zero-order valence-electron chi connectivity index (χ0n) is 11.2. The van der Waals surface area contributed by atoms with Gasteiger partial charge in [-0.05, 0) is 19.4 Å². The highest BCUT2D eigenvalue weighted by molar-refractivity contribution is 6.17. The van der Waals surface area contributed by atoms with Gasteiger partial charge in [0, 0.05) is 24.9 Å². The molecule has 0 fully saturated rings. The summed E-state index contributed by atoms with van der Waals surface area (Å²) >= 11 is 5.68.